The Labute approximate surface area is 188 Å². The molecule has 0 saturated heterocycles. The van der Waals surface area contributed by atoms with E-state index in [0.717, 1.165) is 29.8 Å². The summed E-state index contributed by atoms with van der Waals surface area (Å²) in [4.78, 5) is 24.1. The van der Waals surface area contributed by atoms with E-state index in [0.29, 0.717) is 24.2 Å². The van der Waals surface area contributed by atoms with Crippen molar-refractivity contribution in [2.45, 2.75) is 17.7 Å². The van der Waals surface area contributed by atoms with Crippen LogP contribution in [0.15, 0.2) is 65.6 Å². The number of rotatable bonds is 5. The van der Waals surface area contributed by atoms with Crippen LogP contribution in [0.1, 0.15) is 22.3 Å². The van der Waals surface area contributed by atoms with E-state index in [2.05, 4.69) is 15.4 Å². The van der Waals surface area contributed by atoms with Gasteiger partial charge in [-0.2, -0.15) is 0 Å². The molecule has 1 heterocycles. The highest BCUT2D eigenvalue weighted by atomic mass is 35.5. The van der Waals surface area contributed by atoms with Gasteiger partial charge < -0.3 is 10.6 Å². The molecule has 1 aliphatic rings. The molecule has 7 nitrogen and oxygen atoms in total. The lowest BCUT2D eigenvalue weighted by atomic mass is 10.0. The molecule has 0 aliphatic carbocycles. The molecule has 0 spiro atoms. The quantitative estimate of drug-likeness (QED) is 0.510. The molecule has 10 heteroatoms. The summed E-state index contributed by atoms with van der Waals surface area (Å²) in [5, 5.41) is 5.62. The van der Waals surface area contributed by atoms with Gasteiger partial charge in [0.25, 0.3) is 15.9 Å². The molecule has 0 fully saturated rings. The largest absolute Gasteiger partial charge is 0.326 e. The van der Waals surface area contributed by atoms with Gasteiger partial charge in [-0.25, -0.2) is 12.8 Å². The number of nitrogens with one attached hydrogen (secondary N) is 3. The molecule has 0 atom stereocenters. The van der Waals surface area contributed by atoms with Crippen molar-refractivity contribution in [3.63, 3.8) is 0 Å². The van der Waals surface area contributed by atoms with Crippen LogP contribution in [0.3, 0.4) is 0 Å². The smallest absolute Gasteiger partial charge is 0.261 e. The van der Waals surface area contributed by atoms with Crippen LogP contribution in [0.4, 0.5) is 21.5 Å². The maximum Gasteiger partial charge on any atom is 0.261 e. The highest BCUT2D eigenvalue weighted by Gasteiger charge is 2.19. The minimum atomic E-state index is -4.04. The number of anilines is 3. The van der Waals surface area contributed by atoms with Crippen LogP contribution < -0.4 is 15.4 Å². The van der Waals surface area contributed by atoms with Crippen molar-refractivity contribution in [2.24, 2.45) is 0 Å². The van der Waals surface area contributed by atoms with Gasteiger partial charge in [0.05, 0.1) is 15.6 Å². The van der Waals surface area contributed by atoms with Crippen LogP contribution in [0.5, 0.6) is 0 Å². The van der Waals surface area contributed by atoms with Crippen LogP contribution in [-0.2, 0) is 21.2 Å². The number of hydrogen-bond donors (Lipinski definition) is 3. The van der Waals surface area contributed by atoms with E-state index in [9.17, 15) is 22.4 Å². The second kappa shape index (κ2) is 8.60. The number of benzene rings is 3. The summed E-state index contributed by atoms with van der Waals surface area (Å²) < 4.78 is 40.6. The molecule has 164 valence electrons. The van der Waals surface area contributed by atoms with E-state index in [1.165, 1.54) is 18.2 Å². The molecule has 3 aromatic carbocycles. The lowest BCUT2D eigenvalue weighted by Gasteiger charge is -2.18. The first-order valence-electron chi connectivity index (χ1n) is 9.53. The van der Waals surface area contributed by atoms with Gasteiger partial charge in [0.15, 0.2) is 0 Å². The van der Waals surface area contributed by atoms with Crippen LogP contribution in [0, 0.1) is 5.82 Å². The predicted octanol–water partition coefficient (Wildman–Crippen LogP) is 4.42. The van der Waals surface area contributed by atoms with Gasteiger partial charge in [0.1, 0.15) is 5.82 Å². The van der Waals surface area contributed by atoms with Crippen LogP contribution in [-0.4, -0.2) is 20.2 Å². The van der Waals surface area contributed by atoms with E-state index in [1.807, 2.05) is 0 Å². The van der Waals surface area contributed by atoms with Gasteiger partial charge in [-0.05, 0) is 72.6 Å². The molecule has 0 saturated carbocycles. The van der Waals surface area contributed by atoms with Crippen molar-refractivity contribution >= 4 is 50.5 Å². The van der Waals surface area contributed by atoms with Gasteiger partial charge in [0.2, 0.25) is 5.91 Å². The number of halogens is 2. The Morgan fingerprint density at radius 2 is 1.75 bits per heavy atom. The average molecular weight is 474 g/mol. The van der Waals surface area contributed by atoms with E-state index in [4.69, 9.17) is 11.6 Å². The Kier molecular flexibility index (Phi) is 5.86. The highest BCUT2D eigenvalue weighted by Crippen LogP contribution is 2.28. The first-order valence-corrected chi connectivity index (χ1v) is 11.4. The Hall–Kier alpha value is -3.43. The van der Waals surface area contributed by atoms with Gasteiger partial charge in [0, 0.05) is 23.4 Å². The minimum Gasteiger partial charge on any atom is -0.326 e. The standard InChI is InChI=1S/C22H17ClFN3O4S/c23-18-8-1-14(12-20(18)27-32(30,31)17-6-3-15(24)4-7-17)22(29)25-16-5-9-19-13(11-16)2-10-21(28)26-19/h1,3-9,11-12,27H,2,10H2,(H,25,29)(H,26,28). The third-order valence-corrected chi connectivity index (χ3v) is 6.57. The van der Waals surface area contributed by atoms with Crippen molar-refractivity contribution in [1.82, 2.24) is 0 Å². The van der Waals surface area contributed by atoms with Gasteiger partial charge >= 0.3 is 0 Å². The number of amides is 2. The number of hydrogen-bond acceptors (Lipinski definition) is 4. The van der Waals surface area contributed by atoms with E-state index in [1.54, 1.807) is 18.2 Å². The minimum absolute atomic E-state index is 0.0109. The second-order valence-corrected chi connectivity index (χ2v) is 9.22. The van der Waals surface area contributed by atoms with Gasteiger partial charge in [-0.3, -0.25) is 14.3 Å². The molecule has 2 amide bonds. The van der Waals surface area contributed by atoms with Crippen molar-refractivity contribution < 1.29 is 22.4 Å². The second-order valence-electron chi connectivity index (χ2n) is 7.13. The molecule has 3 N–H and O–H groups in total. The van der Waals surface area contributed by atoms with E-state index >= 15 is 0 Å². The van der Waals surface area contributed by atoms with Crippen LogP contribution in [0.2, 0.25) is 5.02 Å². The number of carbonyl (C=O) groups is 2. The van der Waals surface area contributed by atoms with Gasteiger partial charge in [-0.15, -0.1) is 0 Å². The lowest BCUT2D eigenvalue weighted by Crippen LogP contribution is -2.19. The zero-order valence-corrected chi connectivity index (χ0v) is 18.1. The van der Waals surface area contributed by atoms with Crippen molar-refractivity contribution in [3.05, 3.63) is 82.6 Å². The number of sulfonamides is 1. The molecule has 32 heavy (non-hydrogen) atoms. The maximum atomic E-state index is 13.1. The zero-order chi connectivity index (χ0) is 22.9. The summed E-state index contributed by atoms with van der Waals surface area (Å²) in [5.74, 6) is -1.08. The summed E-state index contributed by atoms with van der Waals surface area (Å²) >= 11 is 6.12. The van der Waals surface area contributed by atoms with Gasteiger partial charge in [-0.1, -0.05) is 11.6 Å². The van der Waals surface area contributed by atoms with Crippen molar-refractivity contribution in [3.8, 4) is 0 Å². The van der Waals surface area contributed by atoms with Crippen LogP contribution in [0.25, 0.3) is 0 Å². The summed E-state index contributed by atoms with van der Waals surface area (Å²) in [6.45, 7) is 0. The fourth-order valence-corrected chi connectivity index (χ4v) is 4.52. The summed E-state index contributed by atoms with van der Waals surface area (Å²) in [5.41, 5.74) is 2.34. The lowest BCUT2D eigenvalue weighted by molar-refractivity contribution is -0.116. The maximum absolute atomic E-state index is 13.1. The Balaban J connectivity index is 1.54. The molecule has 0 radical (unpaired) electrons. The van der Waals surface area contributed by atoms with Crippen molar-refractivity contribution in [1.29, 1.82) is 0 Å². The first kappa shape index (κ1) is 21.8. The number of aryl methyl sites for hydroxylation is 1. The Morgan fingerprint density at radius 1 is 1.00 bits per heavy atom. The predicted molar refractivity (Wildman–Crippen MR) is 120 cm³/mol. The number of carbonyl (C=O) groups excluding carboxylic acids is 2. The number of fused-ring (bicyclic) bond motifs is 1. The van der Waals surface area contributed by atoms with Crippen LogP contribution >= 0.6 is 11.6 Å². The first-order chi connectivity index (χ1) is 15.2. The third-order valence-electron chi connectivity index (χ3n) is 4.86. The molecule has 0 aromatic heterocycles. The fourth-order valence-electron chi connectivity index (χ4n) is 3.23. The van der Waals surface area contributed by atoms with Crippen molar-refractivity contribution in [2.75, 3.05) is 15.4 Å². The Morgan fingerprint density at radius 3 is 2.50 bits per heavy atom. The molecule has 4 rings (SSSR count). The summed E-state index contributed by atoms with van der Waals surface area (Å²) in [6.07, 6.45) is 0.945. The normalized spacial score (nSPS) is 13.1. The summed E-state index contributed by atoms with van der Waals surface area (Å²) in [7, 11) is -4.04. The molecule has 1 aliphatic heterocycles. The van der Waals surface area contributed by atoms with E-state index < -0.39 is 21.7 Å². The van der Waals surface area contributed by atoms with E-state index in [-0.39, 0.29) is 27.1 Å². The molecular formula is C22H17ClFN3O4S. The zero-order valence-electron chi connectivity index (χ0n) is 16.5. The highest BCUT2D eigenvalue weighted by molar-refractivity contribution is 7.92. The average Bonchev–Trinajstić information content (AvgIpc) is 2.75. The molecule has 0 bridgehead atoms. The monoisotopic (exact) mass is 473 g/mol. The molecule has 0 unspecified atom stereocenters. The molecule has 3 aromatic rings. The fraction of sp³-hybridized carbons (Fsp3) is 0.0909. The topological polar surface area (TPSA) is 104 Å². The summed E-state index contributed by atoms with van der Waals surface area (Å²) in [6, 6.07) is 13.7. The SMILES string of the molecule is O=C1CCc2cc(NC(=O)c3ccc(Cl)c(NS(=O)(=O)c4ccc(F)cc4)c3)ccc2N1. The molecular weight excluding hydrogens is 457 g/mol. The Bertz CT molecular complexity index is 1330. The third kappa shape index (κ3) is 4.74.